The SMILES string of the molecule is CCCCSC[C@H]1CC1(Cl)Cl. The molecule has 0 aromatic rings. The van der Waals surface area contributed by atoms with Crippen LogP contribution < -0.4 is 0 Å². The van der Waals surface area contributed by atoms with Crippen LogP contribution in [0.5, 0.6) is 0 Å². The first kappa shape index (κ1) is 10.0. The van der Waals surface area contributed by atoms with E-state index in [9.17, 15) is 0 Å². The average molecular weight is 213 g/mol. The Morgan fingerprint density at radius 1 is 1.55 bits per heavy atom. The lowest BCUT2D eigenvalue weighted by Gasteiger charge is -1.99. The summed E-state index contributed by atoms with van der Waals surface area (Å²) in [6.45, 7) is 2.21. The highest BCUT2D eigenvalue weighted by Gasteiger charge is 2.50. The quantitative estimate of drug-likeness (QED) is 0.495. The lowest BCUT2D eigenvalue weighted by Crippen LogP contribution is -1.93. The first-order chi connectivity index (χ1) is 5.17. The maximum Gasteiger partial charge on any atom is 0.122 e. The van der Waals surface area contributed by atoms with Crippen LogP contribution in [0.1, 0.15) is 26.2 Å². The highest BCUT2D eigenvalue weighted by molar-refractivity contribution is 7.99. The molecular weight excluding hydrogens is 199 g/mol. The number of halogens is 2. The number of alkyl halides is 2. The summed E-state index contributed by atoms with van der Waals surface area (Å²) >= 11 is 13.7. The van der Waals surface area contributed by atoms with Crippen molar-refractivity contribution in [1.29, 1.82) is 0 Å². The Labute approximate surface area is 83.0 Å². The third-order valence-corrected chi connectivity index (χ3v) is 4.06. The van der Waals surface area contributed by atoms with E-state index in [1.54, 1.807) is 0 Å². The summed E-state index contributed by atoms with van der Waals surface area (Å²) in [6.07, 6.45) is 3.59. The molecule has 3 heteroatoms. The van der Waals surface area contributed by atoms with Crippen LogP contribution in [0.25, 0.3) is 0 Å². The molecule has 1 aliphatic rings. The van der Waals surface area contributed by atoms with E-state index in [1.807, 2.05) is 11.8 Å². The fourth-order valence-corrected chi connectivity index (χ4v) is 2.98. The fraction of sp³-hybridized carbons (Fsp3) is 1.00. The number of thioether (sulfide) groups is 1. The predicted molar refractivity (Wildman–Crippen MR) is 54.8 cm³/mol. The number of rotatable bonds is 5. The van der Waals surface area contributed by atoms with Gasteiger partial charge in [0.15, 0.2) is 0 Å². The van der Waals surface area contributed by atoms with Crippen molar-refractivity contribution in [1.82, 2.24) is 0 Å². The van der Waals surface area contributed by atoms with Crippen LogP contribution in [0.3, 0.4) is 0 Å². The van der Waals surface area contributed by atoms with Gasteiger partial charge in [-0.25, -0.2) is 0 Å². The van der Waals surface area contributed by atoms with Crippen molar-refractivity contribution in [2.45, 2.75) is 30.5 Å². The number of hydrogen-bond acceptors (Lipinski definition) is 1. The van der Waals surface area contributed by atoms with Crippen molar-refractivity contribution in [3.63, 3.8) is 0 Å². The molecule has 0 aromatic carbocycles. The van der Waals surface area contributed by atoms with Crippen LogP contribution in [0, 0.1) is 5.92 Å². The van der Waals surface area contributed by atoms with Crippen molar-refractivity contribution in [2.24, 2.45) is 5.92 Å². The molecule has 0 unspecified atom stereocenters. The summed E-state index contributed by atoms with van der Waals surface area (Å²) in [5, 5.41) is 0. The van der Waals surface area contributed by atoms with E-state index in [-0.39, 0.29) is 4.33 Å². The van der Waals surface area contributed by atoms with E-state index in [2.05, 4.69) is 6.92 Å². The van der Waals surface area contributed by atoms with E-state index in [1.165, 1.54) is 18.6 Å². The van der Waals surface area contributed by atoms with Gasteiger partial charge in [-0.3, -0.25) is 0 Å². The van der Waals surface area contributed by atoms with Gasteiger partial charge < -0.3 is 0 Å². The summed E-state index contributed by atoms with van der Waals surface area (Å²) in [6, 6.07) is 0. The van der Waals surface area contributed by atoms with Crippen molar-refractivity contribution >= 4 is 35.0 Å². The topological polar surface area (TPSA) is 0 Å². The third-order valence-electron chi connectivity index (χ3n) is 1.92. The zero-order chi connectivity index (χ0) is 8.32. The summed E-state index contributed by atoms with van der Waals surface area (Å²) in [5.41, 5.74) is 0. The van der Waals surface area contributed by atoms with E-state index >= 15 is 0 Å². The fourth-order valence-electron chi connectivity index (χ4n) is 0.922. The van der Waals surface area contributed by atoms with Crippen LogP contribution in [-0.2, 0) is 0 Å². The first-order valence-electron chi connectivity index (χ1n) is 4.12. The van der Waals surface area contributed by atoms with Crippen LogP contribution in [0.4, 0.5) is 0 Å². The molecule has 1 saturated carbocycles. The Bertz CT molecular complexity index is 125. The number of unbranched alkanes of at least 4 members (excludes halogenated alkanes) is 1. The Morgan fingerprint density at radius 3 is 2.64 bits per heavy atom. The molecule has 66 valence electrons. The van der Waals surface area contributed by atoms with Crippen LogP contribution in [0.2, 0.25) is 0 Å². The number of hydrogen-bond donors (Lipinski definition) is 0. The molecule has 1 fully saturated rings. The Morgan fingerprint density at radius 2 is 2.18 bits per heavy atom. The first-order valence-corrected chi connectivity index (χ1v) is 6.03. The minimum atomic E-state index is -0.362. The van der Waals surface area contributed by atoms with E-state index in [0.29, 0.717) is 5.92 Å². The average Bonchev–Trinajstić information content (AvgIpc) is 2.52. The summed E-state index contributed by atoms with van der Waals surface area (Å²) in [5.74, 6) is 2.97. The maximum atomic E-state index is 5.87. The lowest BCUT2D eigenvalue weighted by atomic mass is 10.4. The van der Waals surface area contributed by atoms with Gasteiger partial charge in [-0.1, -0.05) is 13.3 Å². The maximum absolute atomic E-state index is 5.87. The van der Waals surface area contributed by atoms with Crippen LogP contribution >= 0.6 is 35.0 Å². The predicted octanol–water partition coefficient (Wildman–Crippen LogP) is 3.71. The molecule has 0 aromatic heterocycles. The third kappa shape index (κ3) is 3.43. The summed E-state index contributed by atoms with van der Waals surface area (Å²) in [7, 11) is 0. The second kappa shape index (κ2) is 4.25. The largest absolute Gasteiger partial charge is 0.162 e. The van der Waals surface area contributed by atoms with Gasteiger partial charge in [0.2, 0.25) is 0 Å². The monoisotopic (exact) mass is 212 g/mol. The van der Waals surface area contributed by atoms with Crippen molar-refractivity contribution in [3.8, 4) is 0 Å². The summed E-state index contributed by atoms with van der Waals surface area (Å²) < 4.78 is -0.362. The van der Waals surface area contributed by atoms with Crippen molar-refractivity contribution < 1.29 is 0 Å². The van der Waals surface area contributed by atoms with E-state index < -0.39 is 0 Å². The van der Waals surface area contributed by atoms with Gasteiger partial charge in [0.1, 0.15) is 4.33 Å². The molecular formula is C8H14Cl2S. The Kier molecular flexibility index (Phi) is 3.87. The van der Waals surface area contributed by atoms with Gasteiger partial charge in [-0.15, -0.1) is 23.2 Å². The highest BCUT2D eigenvalue weighted by Crippen LogP contribution is 2.54. The summed E-state index contributed by atoms with van der Waals surface area (Å²) in [4.78, 5) is 0. The molecule has 0 radical (unpaired) electrons. The van der Waals surface area contributed by atoms with Gasteiger partial charge in [-0.2, -0.15) is 11.8 Å². The van der Waals surface area contributed by atoms with Gasteiger partial charge in [0.25, 0.3) is 0 Å². The molecule has 0 spiro atoms. The molecule has 0 amide bonds. The Balaban J connectivity index is 1.90. The second-order valence-electron chi connectivity index (χ2n) is 3.09. The molecule has 0 bridgehead atoms. The van der Waals surface area contributed by atoms with Gasteiger partial charge >= 0.3 is 0 Å². The molecule has 0 nitrogen and oxygen atoms in total. The highest BCUT2D eigenvalue weighted by atomic mass is 35.5. The van der Waals surface area contributed by atoms with Crippen LogP contribution in [-0.4, -0.2) is 15.8 Å². The molecule has 0 aliphatic heterocycles. The van der Waals surface area contributed by atoms with Gasteiger partial charge in [0.05, 0.1) is 0 Å². The molecule has 1 rings (SSSR count). The molecule has 0 N–H and O–H groups in total. The molecule has 11 heavy (non-hydrogen) atoms. The Hall–Kier alpha value is 0.930. The molecule has 0 heterocycles. The standard InChI is InChI=1S/C8H14Cl2S/c1-2-3-4-11-6-7-5-8(7,9)10/h7H,2-6H2,1H3/t7-/m1/s1. The van der Waals surface area contributed by atoms with Crippen molar-refractivity contribution in [2.75, 3.05) is 11.5 Å². The zero-order valence-corrected chi connectivity index (χ0v) is 9.11. The normalized spacial score (nSPS) is 27.0. The van der Waals surface area contributed by atoms with E-state index in [0.717, 1.165) is 12.2 Å². The van der Waals surface area contributed by atoms with Crippen molar-refractivity contribution in [3.05, 3.63) is 0 Å². The minimum absolute atomic E-state index is 0.362. The molecule has 1 aliphatic carbocycles. The zero-order valence-electron chi connectivity index (χ0n) is 6.78. The molecule has 1 atom stereocenters. The van der Waals surface area contributed by atoms with E-state index in [4.69, 9.17) is 23.2 Å². The smallest absolute Gasteiger partial charge is 0.122 e. The molecule has 0 saturated heterocycles. The van der Waals surface area contributed by atoms with Gasteiger partial charge in [-0.05, 0) is 24.3 Å². The second-order valence-corrected chi connectivity index (χ2v) is 5.78. The van der Waals surface area contributed by atoms with Crippen LogP contribution in [0.15, 0.2) is 0 Å². The van der Waals surface area contributed by atoms with Gasteiger partial charge in [0, 0.05) is 5.92 Å². The minimum Gasteiger partial charge on any atom is -0.162 e. The lowest BCUT2D eigenvalue weighted by molar-refractivity contribution is 0.891.